The monoisotopic (exact) mass is 254 g/mol. The minimum absolute atomic E-state index is 0.274. The molecule has 3 heterocycles. The maximum Gasteiger partial charge on any atom is 0.168 e. The summed E-state index contributed by atoms with van der Waals surface area (Å²) >= 11 is 5.82. The Morgan fingerprint density at radius 1 is 1.41 bits per heavy atom. The number of aromatic nitrogens is 3. The summed E-state index contributed by atoms with van der Waals surface area (Å²) in [4.78, 5) is 8.17. The van der Waals surface area contributed by atoms with E-state index in [1.807, 2.05) is 4.57 Å². The van der Waals surface area contributed by atoms with E-state index < -0.39 is 0 Å². The van der Waals surface area contributed by atoms with E-state index in [0.29, 0.717) is 16.3 Å². The van der Waals surface area contributed by atoms with Crippen molar-refractivity contribution in [3.05, 3.63) is 23.4 Å². The minimum Gasteiger partial charge on any atom is -0.325 e. The number of halogens is 2. The first-order valence-corrected chi connectivity index (χ1v) is 6.03. The Morgan fingerprint density at radius 2 is 2.18 bits per heavy atom. The van der Waals surface area contributed by atoms with E-state index in [0.717, 1.165) is 25.9 Å². The highest BCUT2D eigenvalue weighted by molar-refractivity contribution is 6.29. The van der Waals surface area contributed by atoms with Gasteiger partial charge in [-0.25, -0.2) is 14.4 Å². The molecule has 3 rings (SSSR count). The third-order valence-electron chi connectivity index (χ3n) is 3.15. The topological polar surface area (TPSA) is 42.7 Å². The Kier molecular flexibility index (Phi) is 2.72. The summed E-state index contributed by atoms with van der Waals surface area (Å²) in [5.41, 5.74) is 0.842. The third-order valence-corrected chi connectivity index (χ3v) is 3.33. The van der Waals surface area contributed by atoms with Gasteiger partial charge < -0.3 is 9.88 Å². The molecular weight excluding hydrogens is 243 g/mol. The van der Waals surface area contributed by atoms with Crippen LogP contribution in [0.5, 0.6) is 0 Å². The summed E-state index contributed by atoms with van der Waals surface area (Å²) in [6.45, 7) is 1.89. The molecule has 0 bridgehead atoms. The van der Waals surface area contributed by atoms with Gasteiger partial charge >= 0.3 is 0 Å². The molecule has 1 fully saturated rings. The van der Waals surface area contributed by atoms with Crippen LogP contribution in [-0.2, 0) is 0 Å². The zero-order valence-electron chi connectivity index (χ0n) is 9.16. The molecule has 0 unspecified atom stereocenters. The molecular formula is C11H12ClFN4. The van der Waals surface area contributed by atoms with Crippen molar-refractivity contribution < 1.29 is 4.39 Å². The Morgan fingerprint density at radius 3 is 2.94 bits per heavy atom. The number of hydrogen-bond donors (Lipinski definition) is 1. The van der Waals surface area contributed by atoms with Gasteiger partial charge in [-0.3, -0.25) is 0 Å². The van der Waals surface area contributed by atoms with Crippen LogP contribution in [0.15, 0.2) is 12.4 Å². The Hall–Kier alpha value is -1.20. The fourth-order valence-corrected chi connectivity index (χ4v) is 2.44. The highest BCUT2D eigenvalue weighted by Gasteiger charge is 2.20. The first-order valence-electron chi connectivity index (χ1n) is 5.65. The smallest absolute Gasteiger partial charge is 0.168 e. The number of nitrogens with one attached hydrogen (secondary N) is 1. The zero-order valence-corrected chi connectivity index (χ0v) is 9.91. The van der Waals surface area contributed by atoms with Crippen LogP contribution in [0, 0.1) is 5.82 Å². The van der Waals surface area contributed by atoms with Gasteiger partial charge in [0.15, 0.2) is 11.5 Å². The standard InChI is InChI=1S/C11H12ClFN4/c12-9-5-15-10-8(13)6-17(11(10)16-9)7-1-3-14-4-2-7/h5-7,14H,1-4H2. The van der Waals surface area contributed by atoms with E-state index in [2.05, 4.69) is 15.3 Å². The van der Waals surface area contributed by atoms with Crippen LogP contribution < -0.4 is 5.32 Å². The molecule has 6 heteroatoms. The molecule has 1 N–H and O–H groups in total. The quantitative estimate of drug-likeness (QED) is 0.848. The maximum absolute atomic E-state index is 13.7. The molecule has 0 radical (unpaired) electrons. The van der Waals surface area contributed by atoms with E-state index in [4.69, 9.17) is 11.6 Å². The Labute approximate surface area is 103 Å². The first-order chi connectivity index (χ1) is 8.25. The zero-order chi connectivity index (χ0) is 11.8. The van der Waals surface area contributed by atoms with Gasteiger partial charge in [-0.2, -0.15) is 0 Å². The lowest BCUT2D eigenvalue weighted by Crippen LogP contribution is -2.29. The number of nitrogens with zero attached hydrogens (tertiary/aromatic N) is 3. The molecule has 17 heavy (non-hydrogen) atoms. The summed E-state index contributed by atoms with van der Waals surface area (Å²) in [5, 5.41) is 3.58. The molecule has 0 amide bonds. The molecule has 90 valence electrons. The molecule has 0 aliphatic carbocycles. The van der Waals surface area contributed by atoms with Gasteiger partial charge in [-0.05, 0) is 25.9 Å². The number of fused-ring (bicyclic) bond motifs is 1. The van der Waals surface area contributed by atoms with Crippen molar-refractivity contribution in [3.63, 3.8) is 0 Å². The van der Waals surface area contributed by atoms with Crippen LogP contribution in [0.2, 0.25) is 5.15 Å². The number of rotatable bonds is 1. The van der Waals surface area contributed by atoms with Crippen molar-refractivity contribution in [2.45, 2.75) is 18.9 Å². The lowest BCUT2D eigenvalue weighted by atomic mass is 10.1. The fourth-order valence-electron chi connectivity index (χ4n) is 2.31. The van der Waals surface area contributed by atoms with E-state index >= 15 is 0 Å². The largest absolute Gasteiger partial charge is 0.325 e. The van der Waals surface area contributed by atoms with Crippen LogP contribution in [0.1, 0.15) is 18.9 Å². The Bertz CT molecular complexity index is 548. The summed E-state index contributed by atoms with van der Waals surface area (Å²) in [6.07, 6.45) is 4.80. The summed E-state index contributed by atoms with van der Waals surface area (Å²) in [6, 6.07) is 0.274. The number of piperidine rings is 1. The minimum atomic E-state index is -0.331. The van der Waals surface area contributed by atoms with Crippen molar-refractivity contribution >= 4 is 22.8 Å². The highest BCUT2D eigenvalue weighted by atomic mass is 35.5. The molecule has 1 aliphatic heterocycles. The summed E-state index contributed by atoms with van der Waals surface area (Å²) in [5.74, 6) is -0.331. The van der Waals surface area contributed by atoms with Crippen molar-refractivity contribution in [3.8, 4) is 0 Å². The normalized spacial score (nSPS) is 17.8. The van der Waals surface area contributed by atoms with Crippen molar-refractivity contribution in [1.29, 1.82) is 0 Å². The molecule has 0 spiro atoms. The van der Waals surface area contributed by atoms with Crippen LogP contribution in [0.3, 0.4) is 0 Å². The van der Waals surface area contributed by atoms with E-state index in [9.17, 15) is 4.39 Å². The molecule has 0 saturated carbocycles. The second-order valence-corrected chi connectivity index (χ2v) is 4.62. The van der Waals surface area contributed by atoms with Gasteiger partial charge in [0.05, 0.1) is 6.20 Å². The summed E-state index contributed by atoms with van der Waals surface area (Å²) in [7, 11) is 0. The van der Waals surface area contributed by atoms with E-state index in [-0.39, 0.29) is 11.9 Å². The molecule has 2 aromatic rings. The van der Waals surface area contributed by atoms with E-state index in [1.165, 1.54) is 12.4 Å². The van der Waals surface area contributed by atoms with Gasteiger partial charge in [-0.15, -0.1) is 0 Å². The first kappa shape index (κ1) is 10.9. The second-order valence-electron chi connectivity index (χ2n) is 4.23. The predicted octanol–water partition coefficient (Wildman–Crippen LogP) is 2.15. The second kappa shape index (κ2) is 4.23. The average Bonchev–Trinajstić information content (AvgIpc) is 2.67. The Balaban J connectivity index is 2.11. The molecule has 1 aliphatic rings. The molecule has 0 atom stereocenters. The van der Waals surface area contributed by atoms with Gasteiger partial charge in [0, 0.05) is 12.2 Å². The van der Waals surface area contributed by atoms with Crippen LogP contribution in [0.25, 0.3) is 11.2 Å². The van der Waals surface area contributed by atoms with Crippen LogP contribution >= 0.6 is 11.6 Å². The van der Waals surface area contributed by atoms with Crippen molar-refractivity contribution in [2.24, 2.45) is 0 Å². The lowest BCUT2D eigenvalue weighted by molar-refractivity contribution is 0.372. The van der Waals surface area contributed by atoms with Crippen LogP contribution in [0.4, 0.5) is 4.39 Å². The maximum atomic E-state index is 13.7. The van der Waals surface area contributed by atoms with Gasteiger partial charge in [0.1, 0.15) is 10.7 Å². The average molecular weight is 255 g/mol. The predicted molar refractivity (Wildman–Crippen MR) is 63.6 cm³/mol. The van der Waals surface area contributed by atoms with Gasteiger partial charge in [0.2, 0.25) is 0 Å². The van der Waals surface area contributed by atoms with E-state index in [1.54, 1.807) is 0 Å². The molecule has 0 aromatic carbocycles. The van der Waals surface area contributed by atoms with Gasteiger partial charge in [-0.1, -0.05) is 11.6 Å². The molecule has 4 nitrogen and oxygen atoms in total. The SMILES string of the molecule is Fc1cn(C2CCNCC2)c2nc(Cl)cnc12. The van der Waals surface area contributed by atoms with Crippen molar-refractivity contribution in [2.75, 3.05) is 13.1 Å². The molecule has 1 saturated heterocycles. The highest BCUT2D eigenvalue weighted by Crippen LogP contribution is 2.26. The fraction of sp³-hybridized carbons (Fsp3) is 0.455. The third kappa shape index (κ3) is 1.89. The number of hydrogen-bond acceptors (Lipinski definition) is 3. The van der Waals surface area contributed by atoms with Crippen LogP contribution in [-0.4, -0.2) is 27.6 Å². The van der Waals surface area contributed by atoms with Gasteiger partial charge in [0.25, 0.3) is 0 Å². The van der Waals surface area contributed by atoms with Crippen molar-refractivity contribution in [1.82, 2.24) is 19.9 Å². The summed E-state index contributed by atoms with van der Waals surface area (Å²) < 4.78 is 15.6. The molecule has 2 aromatic heterocycles. The lowest BCUT2D eigenvalue weighted by Gasteiger charge is -2.24.